The lowest BCUT2D eigenvalue weighted by Crippen LogP contribution is -2.30. The molecule has 8 nitrogen and oxygen atoms in total. The van der Waals surface area contributed by atoms with Gasteiger partial charge >= 0.3 is 5.96 Å². The van der Waals surface area contributed by atoms with Gasteiger partial charge in [0.15, 0.2) is 11.6 Å². The first-order valence-corrected chi connectivity index (χ1v) is 11.0. The van der Waals surface area contributed by atoms with Gasteiger partial charge in [-0.3, -0.25) is 4.57 Å². The molecule has 0 amide bonds. The third-order valence-corrected chi connectivity index (χ3v) is 5.65. The second kappa shape index (κ2) is 10.5. The number of imidazole rings is 1. The normalized spacial score (nSPS) is 14.5. The fourth-order valence-corrected chi connectivity index (χ4v) is 3.94. The monoisotopic (exact) mass is 484 g/mol. The molecule has 1 saturated heterocycles. The molecule has 182 valence electrons. The van der Waals surface area contributed by atoms with E-state index in [9.17, 15) is 13.2 Å². The van der Waals surface area contributed by atoms with E-state index in [0.29, 0.717) is 35.1 Å². The molecule has 0 unspecified atom stereocenters. The highest BCUT2D eigenvalue weighted by Gasteiger charge is 2.28. The van der Waals surface area contributed by atoms with Crippen molar-refractivity contribution in [1.82, 2.24) is 14.9 Å². The Morgan fingerprint density at radius 1 is 1.17 bits per heavy atom. The minimum absolute atomic E-state index is 0.0646. The summed E-state index contributed by atoms with van der Waals surface area (Å²) in [6, 6.07) is 8.26. The van der Waals surface area contributed by atoms with Crippen LogP contribution in [0.25, 0.3) is 4.85 Å². The van der Waals surface area contributed by atoms with Crippen LogP contribution in [0.5, 0.6) is 5.75 Å². The number of hydrogen-bond donors (Lipinski definition) is 3. The van der Waals surface area contributed by atoms with E-state index in [1.165, 1.54) is 0 Å². The maximum atomic E-state index is 14.4. The van der Waals surface area contributed by atoms with Gasteiger partial charge in [0.25, 0.3) is 0 Å². The summed E-state index contributed by atoms with van der Waals surface area (Å²) in [7, 11) is 1.57. The number of nitrogens with zero attached hydrogens (tertiary/aromatic N) is 4. The standard InChI is InChI=1S/C24H25F3N7O/c1-14-22(33-23(28-2)31-16-4-6-18(35-3)7-5-16)34(17-8-10-29-11-9-17)24(30-14)32-21-19(26)12-15(25)13-20(21)27/h2,4-7,12-13,17,29H,8-11H2,1,3H3,(H,30,32)(H,31,33)/q+1. The number of hydrogen-bond acceptors (Lipinski definition) is 5. The van der Waals surface area contributed by atoms with Crippen molar-refractivity contribution >= 4 is 29.1 Å². The highest BCUT2D eigenvalue weighted by Crippen LogP contribution is 2.35. The van der Waals surface area contributed by atoms with Gasteiger partial charge in [-0.15, -0.1) is 0 Å². The first-order chi connectivity index (χ1) is 16.9. The fourth-order valence-electron chi connectivity index (χ4n) is 3.94. The smallest absolute Gasteiger partial charge is 0.495 e. The number of halogens is 3. The Bertz CT molecular complexity index is 1250. The summed E-state index contributed by atoms with van der Waals surface area (Å²) in [6.45, 7) is 8.83. The zero-order chi connectivity index (χ0) is 24.9. The van der Waals surface area contributed by atoms with Crippen LogP contribution in [-0.2, 0) is 0 Å². The molecule has 1 aliphatic heterocycles. The summed E-state index contributed by atoms with van der Waals surface area (Å²) in [5.41, 5.74) is 0.673. The van der Waals surface area contributed by atoms with Crippen molar-refractivity contribution in [3.05, 3.63) is 64.4 Å². The van der Waals surface area contributed by atoms with E-state index in [4.69, 9.17) is 11.3 Å². The average molecular weight is 485 g/mol. The molecule has 11 heteroatoms. The zero-order valence-corrected chi connectivity index (χ0v) is 19.3. The summed E-state index contributed by atoms with van der Waals surface area (Å²) >= 11 is 0. The molecule has 1 aliphatic rings. The van der Waals surface area contributed by atoms with Crippen molar-refractivity contribution in [2.45, 2.75) is 25.8 Å². The quantitative estimate of drug-likeness (QED) is 0.325. The number of guanidine groups is 1. The van der Waals surface area contributed by atoms with Crippen LogP contribution in [0.1, 0.15) is 24.6 Å². The predicted molar refractivity (Wildman–Crippen MR) is 130 cm³/mol. The molecular formula is C24H25F3N7O+. The number of anilines is 3. The lowest BCUT2D eigenvalue weighted by atomic mass is 10.1. The second-order valence-corrected chi connectivity index (χ2v) is 7.98. The number of benzene rings is 2. The van der Waals surface area contributed by atoms with E-state index >= 15 is 0 Å². The summed E-state index contributed by atoms with van der Waals surface area (Å²) in [5, 5.41) is 9.02. The molecule has 2 heterocycles. The average Bonchev–Trinajstić information content (AvgIpc) is 3.16. The van der Waals surface area contributed by atoms with Gasteiger partial charge in [-0.2, -0.15) is 4.85 Å². The molecule has 0 bridgehead atoms. The van der Waals surface area contributed by atoms with Crippen LogP contribution in [0.2, 0.25) is 0 Å². The summed E-state index contributed by atoms with van der Waals surface area (Å²) in [4.78, 5) is 12.8. The number of aryl methyl sites for hydroxylation is 1. The highest BCUT2D eigenvalue weighted by molar-refractivity contribution is 6.02. The van der Waals surface area contributed by atoms with Crippen molar-refractivity contribution in [3.8, 4) is 12.3 Å². The molecule has 0 saturated carbocycles. The SMILES string of the molecule is C#[N+]C(=Nc1c(C)nc(Nc2c(F)cc(F)cc2F)n1C1CCNCC1)Nc1ccc(OC)cc1. The van der Waals surface area contributed by atoms with Crippen LogP contribution in [0.3, 0.4) is 0 Å². The van der Waals surface area contributed by atoms with Gasteiger partial charge < -0.3 is 15.4 Å². The maximum absolute atomic E-state index is 14.4. The molecule has 3 N–H and O–H groups in total. The Morgan fingerprint density at radius 3 is 2.43 bits per heavy atom. The van der Waals surface area contributed by atoms with Crippen molar-refractivity contribution in [2.24, 2.45) is 4.99 Å². The molecule has 1 aromatic heterocycles. The third-order valence-electron chi connectivity index (χ3n) is 5.65. The number of aliphatic imine (C=N–C) groups is 1. The van der Waals surface area contributed by atoms with E-state index in [1.807, 2.05) is 0 Å². The number of piperidine rings is 1. The van der Waals surface area contributed by atoms with Crippen molar-refractivity contribution in [3.63, 3.8) is 0 Å². The number of ether oxygens (including phenoxy) is 1. The summed E-state index contributed by atoms with van der Waals surface area (Å²) in [6.07, 6.45) is 1.48. The molecule has 0 aliphatic carbocycles. The lowest BCUT2D eigenvalue weighted by Gasteiger charge is -2.25. The Balaban J connectivity index is 1.74. The van der Waals surface area contributed by atoms with Gasteiger partial charge in [0.1, 0.15) is 35.2 Å². The van der Waals surface area contributed by atoms with Crippen molar-refractivity contribution < 1.29 is 17.9 Å². The number of nitrogens with one attached hydrogen (secondary N) is 3. The molecule has 4 rings (SSSR count). The van der Waals surface area contributed by atoms with Crippen LogP contribution in [-0.4, -0.2) is 35.7 Å². The van der Waals surface area contributed by atoms with Crippen LogP contribution in [0.15, 0.2) is 41.4 Å². The van der Waals surface area contributed by atoms with E-state index in [2.05, 4.69) is 30.8 Å². The van der Waals surface area contributed by atoms with Crippen molar-refractivity contribution in [2.75, 3.05) is 30.8 Å². The predicted octanol–water partition coefficient (Wildman–Crippen LogP) is 5.35. The maximum Gasteiger partial charge on any atom is 0.495 e. The zero-order valence-electron chi connectivity index (χ0n) is 19.3. The van der Waals surface area contributed by atoms with Gasteiger partial charge in [-0.25, -0.2) is 23.5 Å². The van der Waals surface area contributed by atoms with E-state index in [0.717, 1.165) is 25.9 Å². The topological polar surface area (TPSA) is 79.9 Å². The second-order valence-electron chi connectivity index (χ2n) is 7.98. The minimum atomic E-state index is -1.07. The minimum Gasteiger partial charge on any atom is -0.497 e. The highest BCUT2D eigenvalue weighted by atomic mass is 19.1. The Labute approximate surface area is 200 Å². The Morgan fingerprint density at radius 2 is 1.83 bits per heavy atom. The first kappa shape index (κ1) is 24.1. The molecule has 0 atom stereocenters. The summed E-state index contributed by atoms with van der Waals surface area (Å²) < 4.78 is 49.1. The molecule has 0 radical (unpaired) electrons. The number of methoxy groups -OCH3 is 1. The van der Waals surface area contributed by atoms with Gasteiger partial charge in [-0.05, 0) is 62.1 Å². The van der Waals surface area contributed by atoms with Crippen molar-refractivity contribution in [1.29, 1.82) is 0 Å². The van der Waals surface area contributed by atoms with Crippen LogP contribution in [0.4, 0.5) is 36.3 Å². The van der Waals surface area contributed by atoms with Gasteiger partial charge in [0, 0.05) is 18.2 Å². The molecule has 0 spiro atoms. The van der Waals surface area contributed by atoms with Crippen LogP contribution >= 0.6 is 0 Å². The Kier molecular flexibility index (Phi) is 7.22. The van der Waals surface area contributed by atoms with E-state index in [-0.39, 0.29) is 17.9 Å². The van der Waals surface area contributed by atoms with Crippen LogP contribution in [0, 0.1) is 30.9 Å². The van der Waals surface area contributed by atoms with E-state index in [1.54, 1.807) is 42.9 Å². The molecule has 3 aromatic rings. The number of rotatable bonds is 6. The molecule has 35 heavy (non-hydrogen) atoms. The van der Waals surface area contributed by atoms with Gasteiger partial charge in [-0.1, -0.05) is 0 Å². The molecule has 1 fully saturated rings. The Hall–Kier alpha value is -4.04. The lowest BCUT2D eigenvalue weighted by molar-refractivity contribution is 0.373. The van der Waals surface area contributed by atoms with Crippen LogP contribution < -0.4 is 20.7 Å². The molecule has 2 aromatic carbocycles. The first-order valence-electron chi connectivity index (χ1n) is 11.0. The summed E-state index contributed by atoms with van der Waals surface area (Å²) in [5.74, 6) is -1.74. The van der Waals surface area contributed by atoms with Gasteiger partial charge in [0.05, 0.1) is 7.11 Å². The third kappa shape index (κ3) is 5.38. The number of aromatic nitrogens is 2. The van der Waals surface area contributed by atoms with E-state index < -0.39 is 23.1 Å². The largest absolute Gasteiger partial charge is 0.497 e. The fraction of sp³-hybridized carbons (Fsp3) is 0.292. The molecular weight excluding hydrogens is 459 g/mol. The van der Waals surface area contributed by atoms with Gasteiger partial charge in [0.2, 0.25) is 11.8 Å².